The molecule has 3 rings (SSSR count). The molecular weight excluding hydrogens is 272 g/mol. The van der Waals surface area contributed by atoms with Gasteiger partial charge in [0.15, 0.2) is 23.0 Å². The molecule has 2 heteroatoms. The minimum atomic E-state index is -0.456. The molecule has 0 fully saturated rings. The zero-order chi connectivity index (χ0) is 21.3. The molecule has 0 aliphatic carbocycles. The molecule has 2 aromatic carbocycles. The Kier molecular flexibility index (Phi) is 2.00. The predicted octanol–water partition coefficient (Wildman–Crippen LogP) is 6.18. The van der Waals surface area contributed by atoms with Gasteiger partial charge in [0.25, 0.3) is 0 Å². The lowest BCUT2D eigenvalue weighted by Crippen LogP contribution is -2.23. The predicted molar refractivity (Wildman–Crippen MR) is 90.4 cm³/mol. The molecule has 0 saturated carbocycles. The van der Waals surface area contributed by atoms with Crippen LogP contribution in [-0.2, 0) is 10.8 Å². The summed E-state index contributed by atoms with van der Waals surface area (Å²) in [5, 5.41) is 0. The van der Waals surface area contributed by atoms with Gasteiger partial charge in [-0.1, -0.05) is 59.7 Å². The van der Waals surface area contributed by atoms with Gasteiger partial charge >= 0.3 is 0 Å². The van der Waals surface area contributed by atoms with E-state index in [0.29, 0.717) is 11.1 Å². The fraction of sp³-hybridized carbons (Fsp3) is 0.400. The number of hydrogen-bond acceptors (Lipinski definition) is 2. The number of fused-ring (bicyclic) bond motifs is 2. The normalized spacial score (nSPS) is 17.5. The van der Waals surface area contributed by atoms with Crippen molar-refractivity contribution in [1.82, 2.24) is 0 Å². The van der Waals surface area contributed by atoms with E-state index >= 15 is 0 Å². The molecular formula is C20H24O2. The Labute approximate surface area is 141 Å². The van der Waals surface area contributed by atoms with Crippen molar-refractivity contribution in [2.45, 2.75) is 52.4 Å². The van der Waals surface area contributed by atoms with Crippen molar-refractivity contribution in [3.05, 3.63) is 47.4 Å². The van der Waals surface area contributed by atoms with Crippen LogP contribution < -0.4 is 9.47 Å². The van der Waals surface area contributed by atoms with E-state index in [2.05, 4.69) is 0 Å². The molecule has 0 bridgehead atoms. The monoisotopic (exact) mass is 302 g/mol. The first-order valence-electron chi connectivity index (χ1n) is 10.3. The van der Waals surface area contributed by atoms with Crippen molar-refractivity contribution in [2.24, 2.45) is 0 Å². The molecule has 0 radical (unpaired) electrons. The van der Waals surface area contributed by atoms with Gasteiger partial charge in [0.2, 0.25) is 0 Å². The van der Waals surface area contributed by atoms with Gasteiger partial charge in [0.1, 0.15) is 0 Å². The minimum absolute atomic E-state index is 0.0143. The highest BCUT2D eigenvalue weighted by atomic mass is 16.6. The second kappa shape index (κ2) is 4.77. The fourth-order valence-electron chi connectivity index (χ4n) is 2.55. The molecule has 0 N–H and O–H groups in total. The molecule has 0 saturated heterocycles. The summed E-state index contributed by atoms with van der Waals surface area (Å²) in [6.07, 6.45) is 0. The Morgan fingerprint density at radius 1 is 0.727 bits per heavy atom. The maximum Gasteiger partial charge on any atom is 0.174 e. The summed E-state index contributed by atoms with van der Waals surface area (Å²) in [5.41, 5.74) is 0.470. The molecule has 0 amide bonds. The van der Waals surface area contributed by atoms with Crippen LogP contribution in [0.2, 0.25) is 0 Å². The van der Waals surface area contributed by atoms with Crippen LogP contribution in [0.3, 0.4) is 0 Å². The van der Waals surface area contributed by atoms with Gasteiger partial charge in [-0.05, 0) is 34.5 Å². The van der Waals surface area contributed by atoms with Crippen molar-refractivity contribution in [3.63, 3.8) is 0 Å². The summed E-state index contributed by atoms with van der Waals surface area (Å²) in [5.74, 6) is 0.00664. The Bertz CT molecular complexity index is 1000. The molecule has 0 aromatic heterocycles. The third kappa shape index (κ3) is 2.47. The first-order valence-corrected chi connectivity index (χ1v) is 7.32. The van der Waals surface area contributed by atoms with Gasteiger partial charge in [-0.25, -0.2) is 0 Å². The minimum Gasteiger partial charge on any atom is -0.450 e. The van der Waals surface area contributed by atoms with Crippen molar-refractivity contribution in [2.75, 3.05) is 0 Å². The van der Waals surface area contributed by atoms with E-state index in [1.54, 1.807) is 0 Å². The van der Waals surface area contributed by atoms with Crippen LogP contribution in [0.5, 0.6) is 23.0 Å². The van der Waals surface area contributed by atoms with Gasteiger partial charge in [0, 0.05) is 5.56 Å². The SMILES string of the molecule is [2H]c1c([2H])c([2H])c2c(c1[2H])Oc1c([2H])c([2H])c(C(C)(C)C)c(C(C)(C)C)c1O2. The van der Waals surface area contributed by atoms with Crippen LogP contribution in [0.25, 0.3) is 0 Å². The van der Waals surface area contributed by atoms with Crippen LogP contribution in [-0.4, -0.2) is 0 Å². The van der Waals surface area contributed by atoms with Gasteiger partial charge in [-0.3, -0.25) is 0 Å². The standard InChI is InChI=1S/C20H24O2/c1-19(2,3)13-11-12-16-18(17(13)20(4,5)6)22-15-10-8-7-9-14(15)21-16/h7-12H,1-6H3/i7D,8D,9D,10D,11D,12D. The van der Waals surface area contributed by atoms with Gasteiger partial charge in [-0.15, -0.1) is 0 Å². The highest BCUT2D eigenvalue weighted by Gasteiger charge is 2.33. The lowest BCUT2D eigenvalue weighted by molar-refractivity contribution is 0.346. The quantitative estimate of drug-likeness (QED) is 0.493. The largest absolute Gasteiger partial charge is 0.450 e. The average Bonchev–Trinajstić information content (AvgIpc) is 2.57. The molecule has 1 aliphatic heterocycles. The Balaban J connectivity index is 2.44. The van der Waals surface area contributed by atoms with Crippen LogP contribution in [0, 0.1) is 0 Å². The summed E-state index contributed by atoms with van der Waals surface area (Å²) >= 11 is 0. The van der Waals surface area contributed by atoms with Crippen molar-refractivity contribution in [1.29, 1.82) is 0 Å². The average molecular weight is 302 g/mol. The molecule has 22 heavy (non-hydrogen) atoms. The summed E-state index contributed by atoms with van der Waals surface area (Å²) in [6.45, 7) is 11.8. The summed E-state index contributed by atoms with van der Waals surface area (Å²) in [7, 11) is 0. The second-order valence-corrected chi connectivity index (χ2v) is 7.52. The highest BCUT2D eigenvalue weighted by Crippen LogP contribution is 2.51. The van der Waals surface area contributed by atoms with Crippen molar-refractivity contribution >= 4 is 0 Å². The molecule has 116 valence electrons. The lowest BCUT2D eigenvalue weighted by atomic mass is 9.74. The number of benzene rings is 2. The zero-order valence-electron chi connectivity index (χ0n) is 19.8. The Hall–Kier alpha value is -1.96. The highest BCUT2D eigenvalue weighted by molar-refractivity contribution is 5.62. The first kappa shape index (κ1) is 9.24. The number of para-hydroxylation sites is 2. The molecule has 0 atom stereocenters. The third-order valence-corrected chi connectivity index (χ3v) is 3.51. The van der Waals surface area contributed by atoms with Crippen LogP contribution in [0.15, 0.2) is 36.3 Å². The number of hydrogen-bond donors (Lipinski definition) is 0. The zero-order valence-corrected chi connectivity index (χ0v) is 13.8. The topological polar surface area (TPSA) is 18.5 Å². The number of rotatable bonds is 0. The third-order valence-electron chi connectivity index (χ3n) is 3.51. The molecule has 0 spiro atoms. The second-order valence-electron chi connectivity index (χ2n) is 7.52. The number of ether oxygens (including phenoxy) is 2. The van der Waals surface area contributed by atoms with Gasteiger partial charge < -0.3 is 9.47 Å². The first-order chi connectivity index (χ1) is 12.7. The van der Waals surface area contributed by atoms with E-state index in [0.717, 1.165) is 0 Å². The Morgan fingerprint density at radius 2 is 1.32 bits per heavy atom. The smallest absolute Gasteiger partial charge is 0.174 e. The molecule has 1 heterocycles. The van der Waals surface area contributed by atoms with Crippen molar-refractivity contribution < 1.29 is 17.7 Å². The molecule has 1 aliphatic rings. The Morgan fingerprint density at radius 3 is 1.86 bits per heavy atom. The van der Waals surface area contributed by atoms with Crippen LogP contribution in [0.4, 0.5) is 0 Å². The van der Waals surface area contributed by atoms with E-state index in [4.69, 9.17) is 17.7 Å². The van der Waals surface area contributed by atoms with E-state index in [1.165, 1.54) is 0 Å². The van der Waals surface area contributed by atoms with E-state index < -0.39 is 22.9 Å². The summed E-state index contributed by atoms with van der Waals surface area (Å²) in [4.78, 5) is 0. The van der Waals surface area contributed by atoms with Gasteiger partial charge in [0.05, 0.1) is 8.22 Å². The lowest BCUT2D eigenvalue weighted by Gasteiger charge is -2.34. The molecule has 0 unspecified atom stereocenters. The van der Waals surface area contributed by atoms with E-state index in [1.807, 2.05) is 41.5 Å². The maximum atomic E-state index is 8.59. The van der Waals surface area contributed by atoms with Gasteiger partial charge in [-0.2, -0.15) is 0 Å². The van der Waals surface area contributed by atoms with Crippen LogP contribution >= 0.6 is 0 Å². The van der Waals surface area contributed by atoms with Crippen molar-refractivity contribution in [3.8, 4) is 23.0 Å². The maximum absolute atomic E-state index is 8.59. The van der Waals surface area contributed by atoms with E-state index in [9.17, 15) is 0 Å². The summed E-state index contributed by atoms with van der Waals surface area (Å²) < 4.78 is 60.9. The summed E-state index contributed by atoms with van der Waals surface area (Å²) in [6, 6.07) is -1.68. The fourth-order valence-corrected chi connectivity index (χ4v) is 2.55. The van der Waals surface area contributed by atoms with E-state index in [-0.39, 0.29) is 47.2 Å². The molecule has 2 nitrogen and oxygen atoms in total. The van der Waals surface area contributed by atoms with Crippen LogP contribution in [0.1, 0.15) is 60.9 Å². The molecule has 2 aromatic rings.